The van der Waals surface area contributed by atoms with Crippen LogP contribution in [-0.4, -0.2) is 27.2 Å². The Bertz CT molecular complexity index is 1230. The highest BCUT2D eigenvalue weighted by Crippen LogP contribution is 2.30. The summed E-state index contributed by atoms with van der Waals surface area (Å²) in [6.45, 7) is 6.13. The largest absolute Gasteiger partial charge is 0.351 e. The van der Waals surface area contributed by atoms with Crippen LogP contribution >= 0.6 is 11.3 Å². The second-order valence-corrected chi connectivity index (χ2v) is 10.2. The molecule has 0 saturated heterocycles. The van der Waals surface area contributed by atoms with Crippen molar-refractivity contribution in [3.63, 3.8) is 0 Å². The van der Waals surface area contributed by atoms with Crippen LogP contribution in [0.15, 0.2) is 90.3 Å². The lowest BCUT2D eigenvalue weighted by Gasteiger charge is -2.33. The number of hydrogen-bond donors (Lipinski definition) is 2. The van der Waals surface area contributed by atoms with Crippen molar-refractivity contribution in [2.24, 2.45) is 0 Å². The predicted molar refractivity (Wildman–Crippen MR) is 137 cm³/mol. The molecule has 0 bridgehead atoms. The predicted octanol–water partition coefficient (Wildman–Crippen LogP) is 6.04. The third-order valence-electron chi connectivity index (χ3n) is 5.33. The maximum atomic E-state index is 13.9. The monoisotopic (exact) mass is 471 g/mol. The van der Waals surface area contributed by atoms with E-state index < -0.39 is 11.6 Å². The van der Waals surface area contributed by atoms with Gasteiger partial charge in [0, 0.05) is 22.7 Å². The van der Waals surface area contributed by atoms with Gasteiger partial charge in [-0.1, -0.05) is 66.7 Å². The van der Waals surface area contributed by atoms with Gasteiger partial charge in [-0.2, -0.15) is 0 Å². The first-order valence-corrected chi connectivity index (χ1v) is 12.1. The van der Waals surface area contributed by atoms with Gasteiger partial charge in [0.15, 0.2) is 0 Å². The minimum atomic E-state index is -0.754. The number of nitrogens with zero attached hydrogens (tertiary/aromatic N) is 1. The number of aromatic nitrogens is 1. The maximum Gasteiger partial charge on any atom is 0.271 e. The summed E-state index contributed by atoms with van der Waals surface area (Å²) in [5.41, 5.74) is 2.82. The second-order valence-electron chi connectivity index (χ2n) is 9.23. The van der Waals surface area contributed by atoms with Gasteiger partial charge in [-0.05, 0) is 55.5 Å². The fourth-order valence-electron chi connectivity index (χ4n) is 3.83. The highest BCUT2D eigenvalue weighted by Gasteiger charge is 2.35. The van der Waals surface area contributed by atoms with E-state index in [4.69, 9.17) is 0 Å². The van der Waals surface area contributed by atoms with Gasteiger partial charge in [-0.25, -0.2) is 0 Å². The van der Waals surface area contributed by atoms with Crippen molar-refractivity contribution in [1.82, 2.24) is 15.2 Å². The lowest BCUT2D eigenvalue weighted by Crippen LogP contribution is -2.49. The summed E-state index contributed by atoms with van der Waals surface area (Å²) in [5.74, 6) is -0.428. The van der Waals surface area contributed by atoms with Crippen molar-refractivity contribution >= 4 is 23.2 Å². The Kier molecular flexibility index (Phi) is 6.98. The lowest BCUT2D eigenvalue weighted by atomic mass is 10.1. The maximum absolute atomic E-state index is 13.9. The average molecular weight is 472 g/mol. The van der Waals surface area contributed by atoms with Gasteiger partial charge < -0.3 is 15.2 Å². The first kappa shape index (κ1) is 23.5. The van der Waals surface area contributed by atoms with Crippen LogP contribution in [0.2, 0.25) is 0 Å². The Labute approximate surface area is 204 Å². The van der Waals surface area contributed by atoms with Crippen molar-refractivity contribution in [2.45, 2.75) is 38.9 Å². The number of H-pyrrole nitrogens is 1. The highest BCUT2D eigenvalue weighted by molar-refractivity contribution is 7.10. The third kappa shape index (κ3) is 5.64. The molecular weight excluding hydrogens is 442 g/mol. The van der Waals surface area contributed by atoms with Crippen LogP contribution in [0.3, 0.4) is 0 Å². The van der Waals surface area contributed by atoms with Gasteiger partial charge in [0.05, 0.1) is 0 Å². The van der Waals surface area contributed by atoms with Crippen molar-refractivity contribution in [3.05, 3.63) is 106 Å². The van der Waals surface area contributed by atoms with Crippen molar-refractivity contribution < 1.29 is 9.59 Å². The second kappa shape index (κ2) is 10.1. The first-order chi connectivity index (χ1) is 16.3. The number of hydrogen-bond acceptors (Lipinski definition) is 3. The standard InChI is InChI=1S/C28H29N3O2S/c1-28(2,3)30-26(32)25(24-15-10-18-34-24)31(19-20-11-6-4-7-12-20)27(33)23-17-16-22(29-23)21-13-8-5-9-14-21/h4-18,25,29H,19H2,1-3H3,(H,30,32)/t25-/m0/s1. The number of carbonyl (C=O) groups excluding carboxylic acids is 2. The molecular formula is C28H29N3O2S. The van der Waals surface area contributed by atoms with Crippen LogP contribution in [0.25, 0.3) is 11.3 Å². The van der Waals surface area contributed by atoms with E-state index in [0.717, 1.165) is 21.7 Å². The van der Waals surface area contributed by atoms with E-state index in [1.54, 1.807) is 11.0 Å². The Morgan fingerprint density at radius 1 is 0.912 bits per heavy atom. The molecule has 4 rings (SSSR count). The molecule has 2 N–H and O–H groups in total. The topological polar surface area (TPSA) is 65.2 Å². The Balaban J connectivity index is 1.74. The van der Waals surface area contributed by atoms with E-state index in [1.165, 1.54) is 11.3 Å². The minimum absolute atomic E-state index is 0.200. The molecule has 0 saturated carbocycles. The fraction of sp³-hybridized carbons (Fsp3) is 0.214. The Morgan fingerprint density at radius 3 is 2.21 bits per heavy atom. The zero-order valence-electron chi connectivity index (χ0n) is 19.6. The molecule has 0 unspecified atom stereocenters. The molecule has 0 aliphatic heterocycles. The smallest absolute Gasteiger partial charge is 0.271 e. The molecule has 2 heterocycles. The highest BCUT2D eigenvalue weighted by atomic mass is 32.1. The number of aromatic amines is 1. The van der Waals surface area contributed by atoms with E-state index in [0.29, 0.717) is 12.2 Å². The van der Waals surface area contributed by atoms with Gasteiger partial charge in [-0.15, -0.1) is 11.3 Å². The summed E-state index contributed by atoms with van der Waals surface area (Å²) >= 11 is 1.47. The summed E-state index contributed by atoms with van der Waals surface area (Å²) in [6, 6.07) is 26.4. The molecule has 0 aliphatic rings. The van der Waals surface area contributed by atoms with E-state index in [9.17, 15) is 9.59 Å². The van der Waals surface area contributed by atoms with Gasteiger partial charge in [-0.3, -0.25) is 9.59 Å². The van der Waals surface area contributed by atoms with E-state index in [-0.39, 0.29) is 11.8 Å². The van der Waals surface area contributed by atoms with Gasteiger partial charge in [0.25, 0.3) is 5.91 Å². The molecule has 2 amide bonds. The van der Waals surface area contributed by atoms with Gasteiger partial charge in [0.2, 0.25) is 5.91 Å². The molecule has 0 spiro atoms. The molecule has 2 aromatic carbocycles. The number of amides is 2. The summed E-state index contributed by atoms with van der Waals surface area (Å²) in [4.78, 5) is 33.2. The zero-order valence-corrected chi connectivity index (χ0v) is 20.4. The van der Waals surface area contributed by atoms with E-state index >= 15 is 0 Å². The first-order valence-electron chi connectivity index (χ1n) is 11.3. The molecule has 5 nitrogen and oxygen atoms in total. The number of benzene rings is 2. The molecule has 0 fully saturated rings. The molecule has 0 radical (unpaired) electrons. The third-order valence-corrected chi connectivity index (χ3v) is 6.25. The normalized spacial score (nSPS) is 12.2. The SMILES string of the molecule is CC(C)(C)NC(=O)[C@H](c1cccs1)N(Cc1ccccc1)C(=O)c1ccc(-c2ccccc2)[nH]1. The molecule has 4 aromatic rings. The number of thiophene rings is 1. The fourth-order valence-corrected chi connectivity index (χ4v) is 4.66. The van der Waals surface area contributed by atoms with E-state index in [1.807, 2.05) is 105 Å². The van der Waals surface area contributed by atoms with Gasteiger partial charge in [0.1, 0.15) is 11.7 Å². The molecule has 174 valence electrons. The van der Waals surface area contributed by atoms with Crippen LogP contribution < -0.4 is 5.32 Å². The number of nitrogens with one attached hydrogen (secondary N) is 2. The molecule has 6 heteroatoms. The average Bonchev–Trinajstić information content (AvgIpc) is 3.51. The van der Waals surface area contributed by atoms with Gasteiger partial charge >= 0.3 is 0 Å². The molecule has 0 aliphatic carbocycles. The summed E-state index contributed by atoms with van der Waals surface area (Å²) in [5, 5.41) is 5.01. The lowest BCUT2D eigenvalue weighted by molar-refractivity contribution is -0.127. The van der Waals surface area contributed by atoms with Crippen LogP contribution in [0.4, 0.5) is 0 Å². The van der Waals surface area contributed by atoms with Crippen molar-refractivity contribution in [3.8, 4) is 11.3 Å². The Morgan fingerprint density at radius 2 is 1.59 bits per heavy atom. The van der Waals surface area contributed by atoms with Crippen LogP contribution in [0.5, 0.6) is 0 Å². The molecule has 34 heavy (non-hydrogen) atoms. The van der Waals surface area contributed by atoms with E-state index in [2.05, 4.69) is 10.3 Å². The molecule has 2 aromatic heterocycles. The molecule has 1 atom stereocenters. The quantitative estimate of drug-likeness (QED) is 0.345. The van der Waals surface area contributed by atoms with Crippen LogP contribution in [0, 0.1) is 0 Å². The minimum Gasteiger partial charge on any atom is -0.351 e. The summed E-state index contributed by atoms with van der Waals surface area (Å²) in [7, 11) is 0. The summed E-state index contributed by atoms with van der Waals surface area (Å²) in [6.07, 6.45) is 0. The van der Waals surface area contributed by atoms with Crippen molar-refractivity contribution in [1.29, 1.82) is 0 Å². The van der Waals surface area contributed by atoms with Crippen LogP contribution in [-0.2, 0) is 11.3 Å². The van der Waals surface area contributed by atoms with Crippen LogP contribution in [0.1, 0.15) is 47.7 Å². The number of rotatable bonds is 7. The van der Waals surface area contributed by atoms with Crippen molar-refractivity contribution in [2.75, 3.05) is 0 Å². The summed E-state index contributed by atoms with van der Waals surface area (Å²) < 4.78 is 0. The number of carbonyl (C=O) groups is 2. The Hall–Kier alpha value is -3.64. The zero-order chi connectivity index (χ0) is 24.1.